The van der Waals surface area contributed by atoms with Crippen LogP contribution in [-0.2, 0) is 34.3 Å². The molecule has 10 nitrogen and oxygen atoms in total. The van der Waals surface area contributed by atoms with Crippen LogP contribution in [0.3, 0.4) is 0 Å². The topological polar surface area (TPSA) is 142 Å². The molecule has 34 heavy (non-hydrogen) atoms. The summed E-state index contributed by atoms with van der Waals surface area (Å²) in [6, 6.07) is 10.4. The first-order valence-corrected chi connectivity index (χ1v) is 14.6. The number of hydrogen-bond donors (Lipinski definition) is 3. The third-order valence-electron chi connectivity index (χ3n) is 5.65. The lowest BCUT2D eigenvalue weighted by atomic mass is 9.97. The predicted molar refractivity (Wildman–Crippen MR) is 130 cm³/mol. The van der Waals surface area contributed by atoms with E-state index in [4.69, 9.17) is 21.5 Å². The molecule has 1 aromatic heterocycles. The summed E-state index contributed by atoms with van der Waals surface area (Å²) in [6.45, 7) is -0.193. The van der Waals surface area contributed by atoms with Gasteiger partial charge < -0.3 is 4.74 Å². The van der Waals surface area contributed by atoms with E-state index in [1.807, 2.05) is 0 Å². The number of hydroxylamine groups is 1. The van der Waals surface area contributed by atoms with Gasteiger partial charge >= 0.3 is 0 Å². The van der Waals surface area contributed by atoms with Crippen LogP contribution in [0.15, 0.2) is 36.4 Å². The molecule has 1 aromatic carbocycles. The lowest BCUT2D eigenvalue weighted by molar-refractivity contribution is -0.129. The molecule has 1 atom stereocenters. The highest BCUT2D eigenvalue weighted by Crippen LogP contribution is 2.45. The Labute approximate surface area is 207 Å². The van der Waals surface area contributed by atoms with Crippen molar-refractivity contribution in [2.45, 2.75) is 17.6 Å². The fourth-order valence-corrected chi connectivity index (χ4v) is 8.84. The van der Waals surface area contributed by atoms with Crippen molar-refractivity contribution in [3.8, 4) is 10.4 Å². The van der Waals surface area contributed by atoms with Gasteiger partial charge in [0.25, 0.3) is 10.2 Å². The maximum absolute atomic E-state index is 13.6. The Kier molecular flexibility index (Phi) is 8.74. The maximum atomic E-state index is 13.6. The smallest absolute Gasteiger partial charge is 0.279 e. The van der Waals surface area contributed by atoms with Crippen LogP contribution >= 0.6 is 22.9 Å². The van der Waals surface area contributed by atoms with Crippen molar-refractivity contribution in [3.05, 3.63) is 46.3 Å². The van der Waals surface area contributed by atoms with Gasteiger partial charge in [-0.2, -0.15) is 17.4 Å². The molecule has 0 radical (unpaired) electrons. The molecule has 1 aliphatic heterocycles. The predicted octanol–water partition coefficient (Wildman–Crippen LogP) is 1.76. The molecule has 1 fully saturated rings. The summed E-state index contributed by atoms with van der Waals surface area (Å²) in [7, 11) is -6.54. The number of methoxy groups -OCH3 is 1. The van der Waals surface area contributed by atoms with Gasteiger partial charge in [0.05, 0.1) is 18.8 Å². The maximum Gasteiger partial charge on any atom is 0.279 e. The van der Waals surface area contributed by atoms with E-state index in [2.05, 4.69) is 4.72 Å². The highest BCUT2D eigenvalue weighted by molar-refractivity contribution is 7.92. The molecular weight excluding hydrogens is 526 g/mol. The second kappa shape index (κ2) is 11.0. The van der Waals surface area contributed by atoms with Gasteiger partial charge in [-0.05, 0) is 36.2 Å². The Balaban J connectivity index is 2.00. The van der Waals surface area contributed by atoms with Gasteiger partial charge in [0, 0.05) is 41.5 Å². The first-order chi connectivity index (χ1) is 16.0. The summed E-state index contributed by atoms with van der Waals surface area (Å²) >= 11 is 7.16. The average molecular weight is 552 g/mol. The first kappa shape index (κ1) is 27.0. The van der Waals surface area contributed by atoms with E-state index in [-0.39, 0.29) is 32.7 Å². The van der Waals surface area contributed by atoms with Gasteiger partial charge in [-0.3, -0.25) is 10.0 Å². The normalized spacial score (nSPS) is 21.1. The van der Waals surface area contributed by atoms with Gasteiger partial charge in [-0.1, -0.05) is 23.7 Å². The van der Waals surface area contributed by atoms with Crippen LogP contribution in [0.4, 0.5) is 0 Å². The molecule has 2 aromatic rings. The number of benzene rings is 1. The Morgan fingerprint density at radius 1 is 1.24 bits per heavy atom. The van der Waals surface area contributed by atoms with Gasteiger partial charge in [-0.25, -0.2) is 13.9 Å². The van der Waals surface area contributed by atoms with Crippen LogP contribution in [0.2, 0.25) is 5.02 Å². The Hall–Kier alpha value is -1.58. The summed E-state index contributed by atoms with van der Waals surface area (Å²) in [5, 5.41) is 9.71. The van der Waals surface area contributed by atoms with Crippen molar-refractivity contribution < 1.29 is 31.6 Å². The standard InChI is InChI=1S/C20H26ClN3O7S3/c1-31-12-9-22-34(29,30)24-10-8-20(14-19(25)23-26,33(27,28)13-11-24)18-7-6-17(32-18)15-2-4-16(21)5-3-15/h2-7,22,26H,8-14H2,1H3,(H,23,25)/t20-/m0/s1. The molecule has 188 valence electrons. The minimum atomic E-state index is -4.01. The molecule has 14 heteroatoms. The molecule has 0 unspecified atom stereocenters. The number of halogens is 1. The minimum absolute atomic E-state index is 0.0372. The second-order valence-corrected chi connectivity index (χ2v) is 13.4. The van der Waals surface area contributed by atoms with Crippen molar-refractivity contribution in [2.75, 3.05) is 39.1 Å². The van der Waals surface area contributed by atoms with E-state index in [0.29, 0.717) is 9.90 Å². The number of nitrogens with one attached hydrogen (secondary N) is 2. The molecule has 3 N–H and O–H groups in total. The summed E-state index contributed by atoms with van der Waals surface area (Å²) in [6.07, 6.45) is -0.702. The second-order valence-electron chi connectivity index (χ2n) is 7.74. The van der Waals surface area contributed by atoms with Gasteiger partial charge in [-0.15, -0.1) is 11.3 Å². The molecule has 1 aliphatic rings. The van der Waals surface area contributed by atoms with Crippen molar-refractivity contribution in [1.29, 1.82) is 0 Å². The molecule has 1 amide bonds. The van der Waals surface area contributed by atoms with Crippen LogP contribution < -0.4 is 10.2 Å². The molecular formula is C20H26ClN3O7S3. The van der Waals surface area contributed by atoms with E-state index in [1.165, 1.54) is 23.9 Å². The Morgan fingerprint density at radius 2 is 1.94 bits per heavy atom. The number of carbonyl (C=O) groups excluding carboxylic acids is 1. The summed E-state index contributed by atoms with van der Waals surface area (Å²) in [5.74, 6) is -1.36. The van der Waals surface area contributed by atoms with Crippen molar-refractivity contribution in [2.24, 2.45) is 0 Å². The molecule has 2 heterocycles. The van der Waals surface area contributed by atoms with Crippen molar-refractivity contribution in [3.63, 3.8) is 0 Å². The van der Waals surface area contributed by atoms with Crippen LogP contribution in [0.5, 0.6) is 0 Å². The number of hydrogen-bond acceptors (Lipinski definition) is 8. The molecule has 1 saturated heterocycles. The SMILES string of the molecule is COCCNS(=O)(=O)N1CC[C@](CC(=O)NO)(c2ccc(-c3ccc(Cl)cc3)s2)S(=O)(=O)CC1. The number of amides is 1. The number of thiophene rings is 1. The quantitative estimate of drug-likeness (QED) is 0.245. The number of carbonyl (C=O) groups is 1. The van der Waals surface area contributed by atoms with E-state index in [9.17, 15) is 21.6 Å². The van der Waals surface area contributed by atoms with E-state index < -0.39 is 42.9 Å². The molecule has 0 saturated carbocycles. The largest absolute Gasteiger partial charge is 0.383 e. The number of ether oxygens (including phenoxy) is 1. The third-order valence-corrected chi connectivity index (χ3v) is 11.5. The van der Waals surface area contributed by atoms with E-state index in [0.717, 1.165) is 14.7 Å². The number of rotatable bonds is 9. The van der Waals surface area contributed by atoms with Gasteiger partial charge in [0.15, 0.2) is 9.84 Å². The lowest BCUT2D eigenvalue weighted by Crippen LogP contribution is -2.43. The average Bonchev–Trinajstić information content (AvgIpc) is 3.23. The number of sulfone groups is 1. The van der Waals surface area contributed by atoms with E-state index >= 15 is 0 Å². The lowest BCUT2D eigenvalue weighted by Gasteiger charge is -2.30. The zero-order valence-corrected chi connectivity index (χ0v) is 21.6. The van der Waals surface area contributed by atoms with Crippen LogP contribution in [0, 0.1) is 0 Å². The fraction of sp³-hybridized carbons (Fsp3) is 0.450. The number of nitrogens with zero attached hydrogens (tertiary/aromatic N) is 1. The zero-order valence-electron chi connectivity index (χ0n) is 18.4. The Bertz CT molecular complexity index is 1220. The molecule has 0 spiro atoms. The first-order valence-electron chi connectivity index (χ1n) is 10.3. The van der Waals surface area contributed by atoms with Crippen molar-refractivity contribution in [1.82, 2.24) is 14.5 Å². The van der Waals surface area contributed by atoms with Gasteiger partial charge in [0.1, 0.15) is 4.75 Å². The highest BCUT2D eigenvalue weighted by atomic mass is 35.5. The van der Waals surface area contributed by atoms with Crippen LogP contribution in [0.1, 0.15) is 17.7 Å². The molecule has 0 aliphatic carbocycles. The monoisotopic (exact) mass is 551 g/mol. The van der Waals surface area contributed by atoms with Crippen LogP contribution in [0.25, 0.3) is 10.4 Å². The molecule has 3 rings (SSSR count). The summed E-state index contributed by atoms with van der Waals surface area (Å²) in [4.78, 5) is 13.4. The highest BCUT2D eigenvalue weighted by Gasteiger charge is 2.50. The van der Waals surface area contributed by atoms with E-state index in [1.54, 1.807) is 36.4 Å². The Morgan fingerprint density at radius 3 is 2.59 bits per heavy atom. The third kappa shape index (κ3) is 5.79. The summed E-state index contributed by atoms with van der Waals surface area (Å²) < 4.78 is 59.1. The zero-order chi connectivity index (χ0) is 25.0. The fourth-order valence-electron chi connectivity index (χ4n) is 3.81. The minimum Gasteiger partial charge on any atom is -0.383 e. The molecule has 0 bridgehead atoms. The van der Waals surface area contributed by atoms with Gasteiger partial charge in [0.2, 0.25) is 5.91 Å². The summed E-state index contributed by atoms with van der Waals surface area (Å²) in [5.41, 5.74) is 2.33. The van der Waals surface area contributed by atoms with Crippen molar-refractivity contribution >= 4 is 48.9 Å². The van der Waals surface area contributed by atoms with Crippen LogP contribution in [-0.4, -0.2) is 71.4 Å².